The Labute approximate surface area is 120 Å². The smallest absolute Gasteiger partial charge is 0.131 e. The summed E-state index contributed by atoms with van der Waals surface area (Å²) in [5.74, 6) is 1.57. The lowest BCUT2D eigenvalue weighted by Crippen LogP contribution is -2.37. The first kappa shape index (κ1) is 15.0. The summed E-state index contributed by atoms with van der Waals surface area (Å²) < 4.78 is 0. The highest BCUT2D eigenvalue weighted by Gasteiger charge is 2.17. The van der Waals surface area contributed by atoms with Gasteiger partial charge >= 0.3 is 0 Å². The van der Waals surface area contributed by atoms with E-state index in [1.165, 1.54) is 32.1 Å². The van der Waals surface area contributed by atoms with Crippen molar-refractivity contribution >= 4 is 11.6 Å². The molecule has 3 N–H and O–H groups in total. The Morgan fingerprint density at radius 1 is 1.25 bits per heavy atom. The van der Waals surface area contributed by atoms with E-state index in [-0.39, 0.29) is 6.61 Å². The number of nitrogens with one attached hydrogen (secondary N) is 2. The Kier molecular flexibility index (Phi) is 6.01. The lowest BCUT2D eigenvalue weighted by atomic mass is 10.0. The van der Waals surface area contributed by atoms with Crippen molar-refractivity contribution in [3.05, 3.63) is 12.4 Å². The third kappa shape index (κ3) is 4.61. The number of hydrogen-bond acceptors (Lipinski definition) is 6. The molecule has 0 aliphatic carbocycles. The van der Waals surface area contributed by atoms with Crippen molar-refractivity contribution in [3.63, 3.8) is 0 Å². The van der Waals surface area contributed by atoms with Crippen LogP contribution in [0.1, 0.15) is 25.7 Å². The topological polar surface area (TPSA) is 73.3 Å². The van der Waals surface area contributed by atoms with Crippen molar-refractivity contribution in [2.24, 2.45) is 0 Å². The highest BCUT2D eigenvalue weighted by Crippen LogP contribution is 2.18. The van der Waals surface area contributed by atoms with Crippen molar-refractivity contribution < 1.29 is 5.11 Å². The molecule has 0 amide bonds. The summed E-state index contributed by atoms with van der Waals surface area (Å²) in [6.07, 6.45) is 6.64. The molecule has 0 saturated carbocycles. The SMILES string of the molecule is CN1CCCC[C@@H]1CCNc1cc(NCCO)ncn1. The molecule has 6 heteroatoms. The van der Waals surface area contributed by atoms with E-state index in [1.807, 2.05) is 6.07 Å². The molecule has 0 radical (unpaired) electrons. The van der Waals surface area contributed by atoms with Gasteiger partial charge in [0.1, 0.15) is 18.0 Å². The molecule has 0 spiro atoms. The normalized spacial score (nSPS) is 19.8. The molecular formula is C14H25N5O. The predicted molar refractivity (Wildman–Crippen MR) is 81.0 cm³/mol. The fourth-order valence-electron chi connectivity index (χ4n) is 2.61. The fraction of sp³-hybridized carbons (Fsp3) is 0.714. The number of likely N-dealkylation sites (tertiary alicyclic amines) is 1. The van der Waals surface area contributed by atoms with Crippen molar-refractivity contribution in [2.75, 3.05) is 43.9 Å². The number of aliphatic hydroxyl groups excluding tert-OH is 1. The minimum atomic E-state index is 0.0980. The molecule has 1 saturated heterocycles. The monoisotopic (exact) mass is 279 g/mol. The van der Waals surface area contributed by atoms with Crippen LogP contribution in [0.15, 0.2) is 12.4 Å². The van der Waals surface area contributed by atoms with Crippen LogP contribution in [0, 0.1) is 0 Å². The molecule has 2 heterocycles. The van der Waals surface area contributed by atoms with Gasteiger partial charge in [-0.25, -0.2) is 9.97 Å². The van der Waals surface area contributed by atoms with E-state index >= 15 is 0 Å². The maximum Gasteiger partial charge on any atom is 0.131 e. The predicted octanol–water partition coefficient (Wildman–Crippen LogP) is 1.17. The molecule has 1 aromatic rings. The van der Waals surface area contributed by atoms with Crippen LogP contribution in [-0.4, -0.2) is 59.3 Å². The number of piperidine rings is 1. The average molecular weight is 279 g/mol. The number of anilines is 2. The van der Waals surface area contributed by atoms with Crippen LogP contribution in [-0.2, 0) is 0 Å². The van der Waals surface area contributed by atoms with Crippen LogP contribution < -0.4 is 10.6 Å². The van der Waals surface area contributed by atoms with Gasteiger partial charge in [-0.15, -0.1) is 0 Å². The van der Waals surface area contributed by atoms with Gasteiger partial charge in [0, 0.05) is 25.2 Å². The molecule has 0 bridgehead atoms. The molecule has 0 unspecified atom stereocenters. The molecule has 6 nitrogen and oxygen atoms in total. The molecular weight excluding hydrogens is 254 g/mol. The third-order valence-electron chi connectivity index (χ3n) is 3.79. The first-order valence-electron chi connectivity index (χ1n) is 7.40. The van der Waals surface area contributed by atoms with Gasteiger partial charge in [-0.3, -0.25) is 0 Å². The van der Waals surface area contributed by atoms with Crippen LogP contribution in [0.5, 0.6) is 0 Å². The van der Waals surface area contributed by atoms with Gasteiger partial charge in [-0.2, -0.15) is 0 Å². The first-order valence-corrected chi connectivity index (χ1v) is 7.40. The number of hydrogen-bond donors (Lipinski definition) is 3. The van der Waals surface area contributed by atoms with Gasteiger partial charge in [0.25, 0.3) is 0 Å². The largest absolute Gasteiger partial charge is 0.395 e. The zero-order valence-electron chi connectivity index (χ0n) is 12.2. The number of aromatic nitrogens is 2. The zero-order valence-corrected chi connectivity index (χ0v) is 12.2. The minimum Gasteiger partial charge on any atom is -0.395 e. The second kappa shape index (κ2) is 8.01. The second-order valence-electron chi connectivity index (χ2n) is 5.28. The number of aliphatic hydroxyl groups is 1. The number of nitrogens with zero attached hydrogens (tertiary/aromatic N) is 3. The van der Waals surface area contributed by atoms with Crippen molar-refractivity contribution in [2.45, 2.75) is 31.7 Å². The van der Waals surface area contributed by atoms with E-state index in [2.05, 4.69) is 32.5 Å². The average Bonchev–Trinajstić information content (AvgIpc) is 2.48. The lowest BCUT2D eigenvalue weighted by Gasteiger charge is -2.32. The third-order valence-corrected chi connectivity index (χ3v) is 3.79. The van der Waals surface area contributed by atoms with E-state index in [0.29, 0.717) is 12.6 Å². The first-order chi connectivity index (χ1) is 9.79. The quantitative estimate of drug-likeness (QED) is 0.696. The molecule has 1 fully saturated rings. The van der Waals surface area contributed by atoms with E-state index in [1.54, 1.807) is 0 Å². The second-order valence-corrected chi connectivity index (χ2v) is 5.28. The zero-order chi connectivity index (χ0) is 14.2. The van der Waals surface area contributed by atoms with Crippen molar-refractivity contribution in [1.82, 2.24) is 14.9 Å². The van der Waals surface area contributed by atoms with Crippen LogP contribution in [0.2, 0.25) is 0 Å². The summed E-state index contributed by atoms with van der Waals surface area (Å²) in [5.41, 5.74) is 0. The Balaban J connectivity index is 1.75. The van der Waals surface area contributed by atoms with Crippen LogP contribution in [0.25, 0.3) is 0 Å². The van der Waals surface area contributed by atoms with Crippen LogP contribution >= 0.6 is 0 Å². The van der Waals surface area contributed by atoms with E-state index in [4.69, 9.17) is 5.11 Å². The Morgan fingerprint density at radius 3 is 2.70 bits per heavy atom. The molecule has 112 valence electrons. The van der Waals surface area contributed by atoms with Crippen LogP contribution in [0.3, 0.4) is 0 Å². The molecule has 1 aliphatic heterocycles. The van der Waals surface area contributed by atoms with Gasteiger partial charge < -0.3 is 20.6 Å². The van der Waals surface area contributed by atoms with Gasteiger partial charge in [-0.1, -0.05) is 6.42 Å². The molecule has 1 aromatic heterocycles. The summed E-state index contributed by atoms with van der Waals surface area (Å²) in [6.45, 7) is 2.74. The molecule has 0 aromatic carbocycles. The van der Waals surface area contributed by atoms with Crippen molar-refractivity contribution in [1.29, 1.82) is 0 Å². The minimum absolute atomic E-state index is 0.0980. The highest BCUT2D eigenvalue weighted by atomic mass is 16.3. The summed E-state index contributed by atoms with van der Waals surface area (Å²) >= 11 is 0. The Hall–Kier alpha value is -1.40. The summed E-state index contributed by atoms with van der Waals surface area (Å²) in [7, 11) is 2.21. The van der Waals surface area contributed by atoms with Crippen LogP contribution in [0.4, 0.5) is 11.6 Å². The van der Waals surface area contributed by atoms with Gasteiger partial charge in [-0.05, 0) is 32.9 Å². The maximum atomic E-state index is 8.78. The fourth-order valence-corrected chi connectivity index (χ4v) is 2.61. The van der Waals surface area contributed by atoms with Crippen molar-refractivity contribution in [3.8, 4) is 0 Å². The Bertz CT molecular complexity index is 401. The molecule has 1 aliphatic rings. The molecule has 1 atom stereocenters. The van der Waals surface area contributed by atoms with E-state index in [9.17, 15) is 0 Å². The molecule has 20 heavy (non-hydrogen) atoms. The van der Waals surface area contributed by atoms with Gasteiger partial charge in [0.2, 0.25) is 0 Å². The lowest BCUT2D eigenvalue weighted by molar-refractivity contribution is 0.179. The van der Waals surface area contributed by atoms with Gasteiger partial charge in [0.15, 0.2) is 0 Å². The summed E-state index contributed by atoms with van der Waals surface area (Å²) in [6, 6.07) is 2.56. The highest BCUT2D eigenvalue weighted by molar-refractivity contribution is 5.46. The van der Waals surface area contributed by atoms with Gasteiger partial charge in [0.05, 0.1) is 6.61 Å². The number of rotatable bonds is 7. The Morgan fingerprint density at radius 2 is 2.00 bits per heavy atom. The summed E-state index contributed by atoms with van der Waals surface area (Å²) in [4.78, 5) is 10.8. The maximum absolute atomic E-state index is 8.78. The molecule has 2 rings (SSSR count). The summed E-state index contributed by atoms with van der Waals surface area (Å²) in [5, 5.41) is 15.2. The standard InChI is InChI=1S/C14H25N5O/c1-19-8-3-2-4-12(19)5-6-15-13-10-14(16-7-9-20)18-11-17-13/h10-12,20H,2-9H2,1H3,(H2,15,16,17,18)/t12-/m1/s1. The van der Waals surface area contributed by atoms with E-state index in [0.717, 1.165) is 24.6 Å². The van der Waals surface area contributed by atoms with E-state index < -0.39 is 0 Å².